The predicted molar refractivity (Wildman–Crippen MR) is 121 cm³/mol. The lowest BCUT2D eigenvalue weighted by Gasteiger charge is -2.11. The molecule has 0 aromatic heterocycles. The largest absolute Gasteiger partial charge is 0.488 e. The van der Waals surface area contributed by atoms with Crippen molar-refractivity contribution >= 4 is 52.4 Å². The minimum atomic E-state index is 0.255. The second-order valence-electron chi connectivity index (χ2n) is 5.72. The van der Waals surface area contributed by atoms with Crippen molar-refractivity contribution in [1.82, 2.24) is 5.43 Å². The highest BCUT2D eigenvalue weighted by atomic mass is 35.5. The third-order valence-corrected chi connectivity index (χ3v) is 4.66. The summed E-state index contributed by atoms with van der Waals surface area (Å²) in [5.41, 5.74) is 5.21. The fraction of sp³-hybridized carbons (Fsp3) is 0.0476. The predicted octanol–water partition coefficient (Wildman–Crippen LogP) is 5.89. The average molecular weight is 430 g/mol. The van der Waals surface area contributed by atoms with Gasteiger partial charge in [-0.05, 0) is 48.6 Å². The van der Waals surface area contributed by atoms with Gasteiger partial charge in [0.25, 0.3) is 0 Å². The fourth-order valence-corrected chi connectivity index (χ4v) is 3.06. The maximum Gasteiger partial charge on any atom is 0.191 e. The van der Waals surface area contributed by atoms with E-state index in [1.165, 1.54) is 0 Å². The van der Waals surface area contributed by atoms with Crippen LogP contribution in [-0.2, 0) is 6.61 Å². The molecule has 3 aromatic carbocycles. The van der Waals surface area contributed by atoms with E-state index in [2.05, 4.69) is 15.8 Å². The molecule has 28 heavy (non-hydrogen) atoms. The van der Waals surface area contributed by atoms with Crippen LogP contribution in [0.15, 0.2) is 77.9 Å². The molecule has 0 aliphatic rings. The van der Waals surface area contributed by atoms with Gasteiger partial charge >= 0.3 is 0 Å². The Hall–Kier alpha value is -2.60. The molecule has 3 aromatic rings. The Bertz CT molecular complexity index is 960. The molecule has 0 unspecified atom stereocenters. The van der Waals surface area contributed by atoms with Crippen LogP contribution in [0, 0.1) is 0 Å². The van der Waals surface area contributed by atoms with Crippen LogP contribution in [0.25, 0.3) is 0 Å². The number of nitrogens with zero attached hydrogens (tertiary/aromatic N) is 1. The zero-order valence-corrected chi connectivity index (χ0v) is 17.1. The zero-order valence-electron chi connectivity index (χ0n) is 14.7. The maximum atomic E-state index is 6.20. The number of ether oxygens (including phenoxy) is 1. The Labute approximate surface area is 179 Å². The van der Waals surface area contributed by atoms with Crippen LogP contribution in [-0.4, -0.2) is 11.3 Å². The van der Waals surface area contributed by atoms with E-state index in [1.54, 1.807) is 24.4 Å². The van der Waals surface area contributed by atoms with Crippen molar-refractivity contribution in [2.45, 2.75) is 6.61 Å². The van der Waals surface area contributed by atoms with E-state index in [0.29, 0.717) is 20.9 Å². The molecule has 142 valence electrons. The van der Waals surface area contributed by atoms with Crippen LogP contribution in [0.3, 0.4) is 0 Å². The van der Waals surface area contributed by atoms with E-state index in [0.717, 1.165) is 16.8 Å². The van der Waals surface area contributed by atoms with E-state index in [9.17, 15) is 0 Å². The van der Waals surface area contributed by atoms with Crippen LogP contribution in [0.1, 0.15) is 11.1 Å². The molecule has 0 aliphatic heterocycles. The molecule has 0 atom stereocenters. The van der Waals surface area contributed by atoms with Gasteiger partial charge in [0.15, 0.2) is 5.11 Å². The molecule has 3 rings (SSSR count). The Morgan fingerprint density at radius 3 is 2.36 bits per heavy atom. The number of para-hydroxylation sites is 2. The van der Waals surface area contributed by atoms with Crippen molar-refractivity contribution in [3.8, 4) is 5.75 Å². The number of halogens is 2. The van der Waals surface area contributed by atoms with Crippen molar-refractivity contribution < 1.29 is 4.74 Å². The number of anilines is 1. The Morgan fingerprint density at radius 1 is 0.929 bits per heavy atom. The molecule has 0 amide bonds. The molecule has 7 heteroatoms. The summed E-state index contributed by atoms with van der Waals surface area (Å²) in [6.07, 6.45) is 1.64. The lowest BCUT2D eigenvalue weighted by Crippen LogP contribution is -2.23. The number of hydrogen-bond donors (Lipinski definition) is 2. The van der Waals surface area contributed by atoms with E-state index in [-0.39, 0.29) is 6.61 Å². The first-order chi connectivity index (χ1) is 13.6. The second kappa shape index (κ2) is 10.1. The van der Waals surface area contributed by atoms with Crippen LogP contribution in [0.5, 0.6) is 5.75 Å². The molecule has 0 saturated carbocycles. The van der Waals surface area contributed by atoms with Gasteiger partial charge in [-0.3, -0.25) is 5.43 Å². The van der Waals surface area contributed by atoms with Gasteiger partial charge in [0, 0.05) is 26.9 Å². The molecule has 2 N–H and O–H groups in total. The fourth-order valence-electron chi connectivity index (χ4n) is 2.38. The molecule has 4 nitrogen and oxygen atoms in total. The smallest absolute Gasteiger partial charge is 0.191 e. The number of benzene rings is 3. The van der Waals surface area contributed by atoms with Crippen molar-refractivity contribution in [2.24, 2.45) is 5.10 Å². The van der Waals surface area contributed by atoms with Crippen molar-refractivity contribution in [3.63, 3.8) is 0 Å². The summed E-state index contributed by atoms with van der Waals surface area (Å²) in [4.78, 5) is 0. The SMILES string of the molecule is S=C(N/N=C\c1ccccc1OCc1c(Cl)cccc1Cl)Nc1ccccc1. The van der Waals surface area contributed by atoms with Crippen LogP contribution < -0.4 is 15.5 Å². The minimum Gasteiger partial charge on any atom is -0.488 e. The molecular weight excluding hydrogens is 413 g/mol. The van der Waals surface area contributed by atoms with Crippen LogP contribution in [0.4, 0.5) is 5.69 Å². The van der Waals surface area contributed by atoms with Gasteiger partial charge in [-0.1, -0.05) is 59.6 Å². The number of rotatable bonds is 6. The topological polar surface area (TPSA) is 45.7 Å². The van der Waals surface area contributed by atoms with Gasteiger partial charge in [0.1, 0.15) is 12.4 Å². The first-order valence-electron chi connectivity index (χ1n) is 8.43. The summed E-state index contributed by atoms with van der Waals surface area (Å²) in [7, 11) is 0. The minimum absolute atomic E-state index is 0.255. The Morgan fingerprint density at radius 2 is 1.61 bits per heavy atom. The van der Waals surface area contributed by atoms with Gasteiger partial charge in [0.2, 0.25) is 0 Å². The molecule has 0 spiro atoms. The van der Waals surface area contributed by atoms with Gasteiger partial charge in [-0.2, -0.15) is 5.10 Å². The summed E-state index contributed by atoms with van der Waals surface area (Å²) in [5, 5.41) is 8.75. The van der Waals surface area contributed by atoms with Gasteiger partial charge in [0.05, 0.1) is 6.21 Å². The van der Waals surface area contributed by atoms with Crippen LogP contribution >= 0.6 is 35.4 Å². The third-order valence-electron chi connectivity index (χ3n) is 3.75. The number of hydrogen-bond acceptors (Lipinski definition) is 3. The summed E-state index contributed by atoms with van der Waals surface area (Å²) in [6, 6.07) is 22.5. The van der Waals surface area contributed by atoms with E-state index in [4.69, 9.17) is 40.2 Å². The number of nitrogens with one attached hydrogen (secondary N) is 2. The lowest BCUT2D eigenvalue weighted by atomic mass is 10.2. The van der Waals surface area contributed by atoms with E-state index < -0.39 is 0 Å². The average Bonchev–Trinajstić information content (AvgIpc) is 2.69. The summed E-state index contributed by atoms with van der Waals surface area (Å²) < 4.78 is 5.90. The van der Waals surface area contributed by atoms with Gasteiger partial charge < -0.3 is 10.1 Å². The highest BCUT2D eigenvalue weighted by Gasteiger charge is 2.08. The van der Waals surface area contributed by atoms with E-state index in [1.807, 2.05) is 54.6 Å². The second-order valence-corrected chi connectivity index (χ2v) is 6.94. The quantitative estimate of drug-likeness (QED) is 0.291. The highest BCUT2D eigenvalue weighted by Crippen LogP contribution is 2.26. The Kier molecular flexibility index (Phi) is 7.25. The molecule has 0 saturated heterocycles. The van der Waals surface area contributed by atoms with Crippen LogP contribution in [0.2, 0.25) is 10.0 Å². The molecule has 0 fully saturated rings. The molecule has 0 aliphatic carbocycles. The third kappa shape index (κ3) is 5.70. The standard InChI is InChI=1S/C21H17Cl2N3OS/c22-18-10-6-11-19(23)17(18)14-27-20-12-5-4-7-15(20)13-24-26-21(28)25-16-8-2-1-3-9-16/h1-13H,14H2,(H2,25,26,28)/b24-13-. The number of hydrazone groups is 1. The van der Waals surface area contributed by atoms with Crippen molar-refractivity contribution in [1.29, 1.82) is 0 Å². The lowest BCUT2D eigenvalue weighted by molar-refractivity contribution is 0.306. The molecule has 0 heterocycles. The van der Waals surface area contributed by atoms with Gasteiger partial charge in [-0.25, -0.2) is 0 Å². The maximum absolute atomic E-state index is 6.20. The van der Waals surface area contributed by atoms with E-state index >= 15 is 0 Å². The molecule has 0 bridgehead atoms. The normalized spacial score (nSPS) is 10.6. The zero-order chi connectivity index (χ0) is 19.8. The summed E-state index contributed by atoms with van der Waals surface area (Å²) in [5.74, 6) is 0.658. The molecular formula is C21H17Cl2N3OS. The van der Waals surface area contributed by atoms with Crippen molar-refractivity contribution in [3.05, 3.63) is 94.0 Å². The highest BCUT2D eigenvalue weighted by molar-refractivity contribution is 7.80. The summed E-state index contributed by atoms with van der Waals surface area (Å²) in [6.45, 7) is 0.255. The monoisotopic (exact) mass is 429 g/mol. The molecule has 0 radical (unpaired) electrons. The first-order valence-corrected chi connectivity index (χ1v) is 9.60. The summed E-state index contributed by atoms with van der Waals surface area (Å²) >= 11 is 17.6. The first kappa shape index (κ1) is 20.1. The number of thiocarbonyl (C=S) groups is 1. The van der Waals surface area contributed by atoms with Crippen molar-refractivity contribution in [2.75, 3.05) is 5.32 Å². The Balaban J connectivity index is 1.62. The van der Waals surface area contributed by atoms with Gasteiger partial charge in [-0.15, -0.1) is 0 Å².